The molecule has 8 nitrogen and oxygen atoms in total. The van der Waals surface area contributed by atoms with E-state index >= 15 is 0 Å². The fourth-order valence-electron chi connectivity index (χ4n) is 2.65. The van der Waals surface area contributed by atoms with Gasteiger partial charge >= 0.3 is 0 Å². The fourth-order valence-corrected chi connectivity index (χ4v) is 2.65. The predicted molar refractivity (Wildman–Crippen MR) is 102 cm³/mol. The Morgan fingerprint density at radius 1 is 1.14 bits per heavy atom. The topological polar surface area (TPSA) is 98.7 Å². The van der Waals surface area contributed by atoms with Gasteiger partial charge in [-0.2, -0.15) is 4.98 Å². The Morgan fingerprint density at radius 2 is 1.96 bits per heavy atom. The van der Waals surface area contributed by atoms with Crippen LogP contribution in [-0.2, 0) is 6.54 Å². The van der Waals surface area contributed by atoms with E-state index in [0.29, 0.717) is 29.8 Å². The summed E-state index contributed by atoms with van der Waals surface area (Å²) in [6, 6.07) is 11.6. The van der Waals surface area contributed by atoms with Crippen molar-refractivity contribution < 1.29 is 9.32 Å². The van der Waals surface area contributed by atoms with E-state index in [0.717, 1.165) is 11.1 Å². The van der Waals surface area contributed by atoms with Crippen molar-refractivity contribution in [1.82, 2.24) is 30.0 Å². The van der Waals surface area contributed by atoms with E-state index in [1.54, 1.807) is 42.3 Å². The maximum absolute atomic E-state index is 12.4. The summed E-state index contributed by atoms with van der Waals surface area (Å²) >= 11 is 0. The molecule has 0 fully saturated rings. The second kappa shape index (κ2) is 7.43. The minimum Gasteiger partial charge on any atom is -0.347 e. The van der Waals surface area contributed by atoms with Gasteiger partial charge < -0.3 is 9.84 Å². The second-order valence-electron chi connectivity index (χ2n) is 6.38. The maximum atomic E-state index is 12.4. The molecule has 4 rings (SSSR count). The van der Waals surface area contributed by atoms with Crippen LogP contribution in [0.3, 0.4) is 0 Å². The van der Waals surface area contributed by atoms with Gasteiger partial charge in [0.05, 0.1) is 0 Å². The summed E-state index contributed by atoms with van der Waals surface area (Å²) < 4.78 is 6.86. The van der Waals surface area contributed by atoms with Crippen LogP contribution in [-0.4, -0.2) is 30.6 Å². The van der Waals surface area contributed by atoms with Crippen LogP contribution in [0.2, 0.25) is 0 Å². The molecule has 140 valence electrons. The van der Waals surface area contributed by atoms with Crippen LogP contribution in [0.1, 0.15) is 27.4 Å². The molecule has 0 aliphatic heterocycles. The summed E-state index contributed by atoms with van der Waals surface area (Å²) in [6.45, 7) is 4.22. The highest BCUT2D eigenvalue weighted by Gasteiger charge is 2.12. The zero-order chi connectivity index (χ0) is 19.5. The van der Waals surface area contributed by atoms with Crippen LogP contribution in [0.15, 0.2) is 59.6 Å². The van der Waals surface area contributed by atoms with Crippen LogP contribution in [0.5, 0.6) is 0 Å². The number of nitrogens with zero attached hydrogens (tertiary/aromatic N) is 5. The first-order valence-electron chi connectivity index (χ1n) is 8.73. The van der Waals surface area contributed by atoms with E-state index in [4.69, 9.17) is 4.52 Å². The van der Waals surface area contributed by atoms with Gasteiger partial charge in [-0.05, 0) is 31.5 Å². The molecule has 1 N–H and O–H groups in total. The van der Waals surface area contributed by atoms with Crippen molar-refractivity contribution in [3.05, 3.63) is 77.8 Å². The number of carbonyl (C=O) groups excluding carboxylic acids is 1. The Hall–Kier alpha value is -3.81. The lowest BCUT2D eigenvalue weighted by Gasteiger charge is -2.04. The van der Waals surface area contributed by atoms with Crippen molar-refractivity contribution in [1.29, 1.82) is 0 Å². The standard InChI is InChI=1S/C20H18N6O2/c1-13-3-5-15(6-4-13)10-22-19(27)17-11-26(12-23-17)18-9-16(7-8-21-18)20-24-14(2)25-28-20/h3-9,11-12H,10H2,1-2H3,(H,22,27). The fraction of sp³-hybridized carbons (Fsp3) is 0.150. The lowest BCUT2D eigenvalue weighted by Crippen LogP contribution is -2.23. The Bertz CT molecular complexity index is 1110. The second-order valence-corrected chi connectivity index (χ2v) is 6.38. The van der Waals surface area contributed by atoms with Crippen molar-refractivity contribution in [2.75, 3.05) is 0 Å². The molecule has 0 bridgehead atoms. The summed E-state index contributed by atoms with van der Waals surface area (Å²) in [6.07, 6.45) is 4.82. The van der Waals surface area contributed by atoms with Gasteiger partial charge in [-0.1, -0.05) is 35.0 Å². The number of aromatic nitrogens is 5. The van der Waals surface area contributed by atoms with Gasteiger partial charge in [0.15, 0.2) is 5.82 Å². The molecule has 0 spiro atoms. The van der Waals surface area contributed by atoms with Crippen molar-refractivity contribution in [3.8, 4) is 17.3 Å². The third kappa shape index (κ3) is 3.80. The third-order valence-electron chi connectivity index (χ3n) is 4.17. The van der Waals surface area contributed by atoms with E-state index in [2.05, 4.69) is 25.4 Å². The lowest BCUT2D eigenvalue weighted by atomic mass is 10.1. The van der Waals surface area contributed by atoms with E-state index in [9.17, 15) is 4.79 Å². The molecule has 1 aromatic carbocycles. The molecule has 0 unspecified atom stereocenters. The highest BCUT2D eigenvalue weighted by atomic mass is 16.5. The van der Waals surface area contributed by atoms with Crippen LogP contribution in [0, 0.1) is 13.8 Å². The summed E-state index contributed by atoms with van der Waals surface area (Å²) in [5, 5.41) is 6.67. The van der Waals surface area contributed by atoms with Crippen molar-refractivity contribution in [2.24, 2.45) is 0 Å². The van der Waals surface area contributed by atoms with Gasteiger partial charge in [0, 0.05) is 24.5 Å². The maximum Gasteiger partial charge on any atom is 0.271 e. The van der Waals surface area contributed by atoms with E-state index in [1.807, 2.05) is 31.2 Å². The first kappa shape index (κ1) is 17.6. The van der Waals surface area contributed by atoms with Gasteiger partial charge in [-0.25, -0.2) is 9.97 Å². The Morgan fingerprint density at radius 3 is 2.71 bits per heavy atom. The molecule has 3 heterocycles. The molecule has 3 aromatic heterocycles. The van der Waals surface area contributed by atoms with Crippen molar-refractivity contribution >= 4 is 5.91 Å². The van der Waals surface area contributed by atoms with Crippen LogP contribution in [0.4, 0.5) is 0 Å². The highest BCUT2D eigenvalue weighted by molar-refractivity contribution is 5.92. The molecule has 0 aliphatic carbocycles. The summed E-state index contributed by atoms with van der Waals surface area (Å²) in [5.74, 6) is 1.32. The summed E-state index contributed by atoms with van der Waals surface area (Å²) in [7, 11) is 0. The SMILES string of the molecule is Cc1ccc(CNC(=O)c2cn(-c3cc(-c4nc(C)no4)ccn3)cn2)cc1. The molecular weight excluding hydrogens is 356 g/mol. The monoisotopic (exact) mass is 374 g/mol. The number of nitrogens with one attached hydrogen (secondary N) is 1. The molecule has 0 atom stereocenters. The zero-order valence-electron chi connectivity index (χ0n) is 15.5. The normalized spacial score (nSPS) is 10.8. The number of imidazole rings is 1. The molecular formula is C20H18N6O2. The molecule has 28 heavy (non-hydrogen) atoms. The van der Waals surface area contributed by atoms with Crippen molar-refractivity contribution in [3.63, 3.8) is 0 Å². The van der Waals surface area contributed by atoms with E-state index in [-0.39, 0.29) is 5.91 Å². The third-order valence-corrected chi connectivity index (χ3v) is 4.17. The summed E-state index contributed by atoms with van der Waals surface area (Å²) in [4.78, 5) is 25.1. The minimum atomic E-state index is -0.247. The van der Waals surface area contributed by atoms with Crippen LogP contribution < -0.4 is 5.32 Å². The highest BCUT2D eigenvalue weighted by Crippen LogP contribution is 2.19. The predicted octanol–water partition coefficient (Wildman–Crippen LogP) is 2.86. The number of amides is 1. The number of hydrogen-bond acceptors (Lipinski definition) is 6. The Kier molecular flexibility index (Phi) is 4.67. The number of aryl methyl sites for hydroxylation is 2. The van der Waals surface area contributed by atoms with Gasteiger partial charge in [0.2, 0.25) is 0 Å². The van der Waals surface area contributed by atoms with E-state index < -0.39 is 0 Å². The first-order chi connectivity index (χ1) is 13.6. The van der Waals surface area contributed by atoms with Gasteiger partial charge in [-0.15, -0.1) is 0 Å². The zero-order valence-corrected chi connectivity index (χ0v) is 15.5. The molecule has 8 heteroatoms. The quantitative estimate of drug-likeness (QED) is 0.577. The molecule has 0 aliphatic rings. The van der Waals surface area contributed by atoms with Crippen LogP contribution in [0.25, 0.3) is 17.3 Å². The summed E-state index contributed by atoms with van der Waals surface area (Å²) in [5.41, 5.74) is 3.26. The number of hydrogen-bond donors (Lipinski definition) is 1. The first-order valence-corrected chi connectivity index (χ1v) is 8.73. The number of carbonyl (C=O) groups is 1. The number of pyridine rings is 1. The van der Waals surface area contributed by atoms with E-state index in [1.165, 1.54) is 5.56 Å². The molecule has 1 amide bonds. The lowest BCUT2D eigenvalue weighted by molar-refractivity contribution is 0.0946. The minimum absolute atomic E-state index is 0.247. The van der Waals surface area contributed by atoms with Gasteiger partial charge in [0.25, 0.3) is 11.8 Å². The Labute approximate surface area is 161 Å². The van der Waals surface area contributed by atoms with Crippen LogP contribution >= 0.6 is 0 Å². The van der Waals surface area contributed by atoms with Gasteiger partial charge in [-0.3, -0.25) is 9.36 Å². The molecule has 0 saturated heterocycles. The molecule has 0 saturated carbocycles. The molecule has 4 aromatic rings. The number of rotatable bonds is 5. The smallest absolute Gasteiger partial charge is 0.271 e. The number of benzene rings is 1. The molecule has 0 radical (unpaired) electrons. The average Bonchev–Trinajstić information content (AvgIpc) is 3.37. The van der Waals surface area contributed by atoms with Crippen molar-refractivity contribution in [2.45, 2.75) is 20.4 Å². The average molecular weight is 374 g/mol. The van der Waals surface area contributed by atoms with Gasteiger partial charge in [0.1, 0.15) is 17.8 Å². The largest absolute Gasteiger partial charge is 0.347 e. The Balaban J connectivity index is 1.48.